The van der Waals surface area contributed by atoms with Crippen molar-refractivity contribution in [1.29, 1.82) is 0 Å². The predicted octanol–water partition coefficient (Wildman–Crippen LogP) is 3.81. The van der Waals surface area contributed by atoms with Crippen molar-refractivity contribution < 1.29 is 28.7 Å². The summed E-state index contributed by atoms with van der Waals surface area (Å²) in [5, 5.41) is 0. The Hall–Kier alpha value is -3.62. The molecule has 3 aliphatic carbocycles. The molecule has 0 aromatic heterocycles. The van der Waals surface area contributed by atoms with Gasteiger partial charge in [0.1, 0.15) is 0 Å². The van der Waals surface area contributed by atoms with Crippen LogP contribution >= 0.6 is 0 Å². The standard InChI is InChI=1S/C35H36N2O6/c1-35-28(21-12-6-3-7-13-21)24(20-10-4-2-5-11-20)25(26-29(35)33(40)36(31(26)38)18-22-14-8-16-42-22)27-30(35)34(41)37(32(27)39)19-23-15-9-17-43-23/h2-7,10-13,22-23,25-27,29-30H,8-9,14-19H2,1H3/t22-,23-,25?,26+,27+,29-,30+,35?/m0/s1. The third-order valence-electron chi connectivity index (χ3n) is 11.1. The number of amides is 4. The maximum atomic E-state index is 14.5. The van der Waals surface area contributed by atoms with E-state index in [0.717, 1.165) is 48.0 Å². The van der Waals surface area contributed by atoms with Gasteiger partial charge in [0.2, 0.25) is 23.6 Å². The minimum atomic E-state index is -1.08. The lowest BCUT2D eigenvalue weighted by atomic mass is 9.41. The highest BCUT2D eigenvalue weighted by molar-refractivity contribution is 6.17. The fraction of sp³-hybridized carbons (Fsp3) is 0.486. The van der Waals surface area contributed by atoms with Crippen LogP contribution in [-0.2, 0) is 28.7 Å². The minimum Gasteiger partial charge on any atom is -0.376 e. The zero-order valence-electron chi connectivity index (χ0n) is 24.3. The maximum absolute atomic E-state index is 14.5. The number of carbonyl (C=O) groups is 4. The van der Waals surface area contributed by atoms with Crippen LogP contribution in [0.2, 0.25) is 0 Å². The second-order valence-electron chi connectivity index (χ2n) is 13.2. The highest BCUT2D eigenvalue weighted by Gasteiger charge is 2.76. The summed E-state index contributed by atoms with van der Waals surface area (Å²) < 4.78 is 11.7. The molecule has 4 amide bonds. The summed E-state index contributed by atoms with van der Waals surface area (Å²) >= 11 is 0. The molecule has 43 heavy (non-hydrogen) atoms. The molecule has 0 spiro atoms. The van der Waals surface area contributed by atoms with Crippen molar-refractivity contribution in [1.82, 2.24) is 9.80 Å². The molecule has 4 aliphatic heterocycles. The first-order valence-corrected chi connectivity index (χ1v) is 15.7. The molecular formula is C35H36N2O6. The number of hydrogen-bond donors (Lipinski definition) is 0. The molecule has 9 rings (SSSR count). The quantitative estimate of drug-likeness (QED) is 0.483. The number of likely N-dealkylation sites (tertiary alicyclic amines) is 2. The molecule has 8 heteroatoms. The second-order valence-corrected chi connectivity index (χ2v) is 13.2. The van der Waals surface area contributed by atoms with E-state index in [-0.39, 0.29) is 48.9 Å². The SMILES string of the molecule is CC12C(c3ccccc3)=C(c3ccccc3)C([C@H]3C(=O)N(C[C@@H]4CCCO4)C(=O)[C@H]31)[C@H]1C(=O)N(C[C@@H]3CCCO3)C(=O)[C@@H]12. The number of rotatable bonds is 6. The molecule has 0 N–H and O–H groups in total. The molecule has 8 atom stereocenters. The Kier molecular flexibility index (Phi) is 6.25. The van der Waals surface area contributed by atoms with E-state index >= 15 is 0 Å². The van der Waals surface area contributed by atoms with Gasteiger partial charge in [0, 0.05) is 24.5 Å². The van der Waals surface area contributed by atoms with E-state index in [9.17, 15) is 19.2 Å². The average Bonchev–Trinajstić information content (AvgIpc) is 3.83. The van der Waals surface area contributed by atoms with Crippen LogP contribution in [0.5, 0.6) is 0 Å². The van der Waals surface area contributed by atoms with Gasteiger partial charge in [0.15, 0.2) is 0 Å². The van der Waals surface area contributed by atoms with Crippen LogP contribution in [0.4, 0.5) is 0 Å². The first-order valence-electron chi connectivity index (χ1n) is 15.7. The van der Waals surface area contributed by atoms with Crippen LogP contribution in [-0.4, -0.2) is 71.9 Å². The zero-order chi connectivity index (χ0) is 29.5. The molecule has 8 nitrogen and oxygen atoms in total. The van der Waals surface area contributed by atoms with Crippen LogP contribution in [0.25, 0.3) is 11.1 Å². The van der Waals surface area contributed by atoms with Gasteiger partial charge in [-0.15, -0.1) is 0 Å². The van der Waals surface area contributed by atoms with Gasteiger partial charge >= 0.3 is 0 Å². The van der Waals surface area contributed by atoms with Crippen molar-refractivity contribution in [3.63, 3.8) is 0 Å². The van der Waals surface area contributed by atoms with Crippen LogP contribution in [0, 0.1) is 35.0 Å². The van der Waals surface area contributed by atoms with E-state index in [1.165, 1.54) is 9.80 Å². The van der Waals surface area contributed by atoms with E-state index in [1.807, 2.05) is 67.6 Å². The molecule has 4 saturated heterocycles. The number of nitrogens with zero attached hydrogens (tertiary/aromatic N) is 2. The summed E-state index contributed by atoms with van der Waals surface area (Å²) in [7, 11) is 0. The number of ether oxygens (including phenoxy) is 2. The molecule has 2 unspecified atom stereocenters. The third kappa shape index (κ3) is 3.75. The van der Waals surface area contributed by atoms with Crippen molar-refractivity contribution in [2.75, 3.05) is 26.3 Å². The molecule has 2 aromatic rings. The molecule has 222 valence electrons. The Morgan fingerprint density at radius 2 is 1.12 bits per heavy atom. The molecule has 4 heterocycles. The van der Waals surface area contributed by atoms with Crippen molar-refractivity contribution in [3.8, 4) is 0 Å². The number of carbonyl (C=O) groups excluding carboxylic acids is 4. The van der Waals surface area contributed by atoms with Crippen molar-refractivity contribution in [2.45, 2.75) is 44.8 Å². The van der Waals surface area contributed by atoms with Crippen molar-refractivity contribution >= 4 is 34.8 Å². The zero-order valence-corrected chi connectivity index (χ0v) is 24.3. The van der Waals surface area contributed by atoms with Gasteiger partial charge in [-0.3, -0.25) is 29.0 Å². The third-order valence-corrected chi connectivity index (χ3v) is 11.1. The lowest BCUT2D eigenvalue weighted by Gasteiger charge is -2.57. The maximum Gasteiger partial charge on any atom is 0.234 e. The Balaban J connectivity index is 1.33. The Labute approximate surface area is 251 Å². The fourth-order valence-electron chi connectivity index (χ4n) is 9.40. The van der Waals surface area contributed by atoms with Gasteiger partial charge in [-0.1, -0.05) is 67.6 Å². The van der Waals surface area contributed by atoms with E-state index in [0.29, 0.717) is 13.2 Å². The summed E-state index contributed by atoms with van der Waals surface area (Å²) in [5.74, 6) is -4.48. The molecular weight excluding hydrogens is 544 g/mol. The molecule has 5 fully saturated rings. The van der Waals surface area contributed by atoms with Gasteiger partial charge in [-0.05, 0) is 48.0 Å². The van der Waals surface area contributed by atoms with Crippen LogP contribution in [0.15, 0.2) is 60.7 Å². The number of hydrogen-bond acceptors (Lipinski definition) is 6. The molecule has 2 bridgehead atoms. The van der Waals surface area contributed by atoms with Crippen LogP contribution in [0.1, 0.15) is 43.7 Å². The van der Waals surface area contributed by atoms with Gasteiger partial charge in [-0.2, -0.15) is 0 Å². The Morgan fingerprint density at radius 3 is 1.56 bits per heavy atom. The van der Waals surface area contributed by atoms with E-state index in [2.05, 4.69) is 0 Å². The summed E-state index contributed by atoms with van der Waals surface area (Å²) in [4.78, 5) is 60.6. The second kappa shape index (κ2) is 9.96. The Morgan fingerprint density at radius 1 is 0.651 bits per heavy atom. The fourth-order valence-corrected chi connectivity index (χ4v) is 9.40. The molecule has 2 aromatic carbocycles. The summed E-state index contributed by atoms with van der Waals surface area (Å²) in [6.45, 7) is 3.66. The lowest BCUT2D eigenvalue weighted by molar-refractivity contribution is -0.144. The molecule has 1 saturated carbocycles. The van der Waals surface area contributed by atoms with Gasteiger partial charge in [0.25, 0.3) is 0 Å². The van der Waals surface area contributed by atoms with Crippen LogP contribution < -0.4 is 0 Å². The van der Waals surface area contributed by atoms with E-state index < -0.39 is 35.0 Å². The monoisotopic (exact) mass is 580 g/mol. The summed E-state index contributed by atoms with van der Waals surface area (Å²) in [6.07, 6.45) is 3.04. The van der Waals surface area contributed by atoms with Gasteiger partial charge in [0.05, 0.1) is 49.0 Å². The smallest absolute Gasteiger partial charge is 0.234 e. The number of imide groups is 2. The van der Waals surface area contributed by atoms with Crippen molar-refractivity contribution in [2.24, 2.45) is 35.0 Å². The van der Waals surface area contributed by atoms with Gasteiger partial charge < -0.3 is 9.47 Å². The number of benzene rings is 2. The van der Waals surface area contributed by atoms with E-state index in [1.54, 1.807) is 0 Å². The Bertz CT molecular complexity index is 1460. The first kappa shape index (κ1) is 27.0. The number of allylic oxidation sites excluding steroid dienone is 2. The summed E-state index contributed by atoms with van der Waals surface area (Å²) in [5.41, 5.74) is 2.59. The van der Waals surface area contributed by atoms with Crippen LogP contribution in [0.3, 0.4) is 0 Å². The largest absolute Gasteiger partial charge is 0.376 e. The predicted molar refractivity (Wildman–Crippen MR) is 157 cm³/mol. The average molecular weight is 581 g/mol. The topological polar surface area (TPSA) is 93.2 Å². The molecule has 0 radical (unpaired) electrons. The lowest BCUT2D eigenvalue weighted by Crippen LogP contribution is -2.59. The van der Waals surface area contributed by atoms with Gasteiger partial charge in [-0.25, -0.2) is 0 Å². The normalized spacial score (nSPS) is 36.7. The van der Waals surface area contributed by atoms with Crippen molar-refractivity contribution in [3.05, 3.63) is 71.8 Å². The highest BCUT2D eigenvalue weighted by atomic mass is 16.5. The first-order chi connectivity index (χ1) is 20.9. The summed E-state index contributed by atoms with van der Waals surface area (Å²) in [6, 6.07) is 19.8. The minimum absolute atomic E-state index is 0.182. The molecule has 7 aliphatic rings. The van der Waals surface area contributed by atoms with E-state index in [4.69, 9.17) is 9.47 Å². The highest BCUT2D eigenvalue weighted by Crippen LogP contribution is 2.72.